The molecule has 0 spiro atoms. The summed E-state index contributed by atoms with van der Waals surface area (Å²) in [7, 11) is 0. The van der Waals surface area contributed by atoms with Crippen molar-refractivity contribution in [2.75, 3.05) is 18.5 Å². The van der Waals surface area contributed by atoms with E-state index in [0.717, 1.165) is 25.5 Å². The number of pyridine rings is 1. The number of carbonyl (C=O) groups excluding carboxylic acids is 2. The van der Waals surface area contributed by atoms with Gasteiger partial charge in [0.05, 0.1) is 30.1 Å². The molecule has 0 aromatic carbocycles. The Kier molecular flexibility index (Phi) is 5.86. The van der Waals surface area contributed by atoms with E-state index in [1.807, 2.05) is 6.92 Å². The molecule has 0 saturated carbocycles. The minimum absolute atomic E-state index is 0.0702. The zero-order valence-electron chi connectivity index (χ0n) is 18.8. The number of fused-ring (bicyclic) bond motifs is 2. The van der Waals surface area contributed by atoms with E-state index >= 15 is 0 Å². The predicted octanol–water partition coefficient (Wildman–Crippen LogP) is 1.76. The van der Waals surface area contributed by atoms with E-state index in [0.29, 0.717) is 36.5 Å². The first-order valence-electron chi connectivity index (χ1n) is 11.4. The summed E-state index contributed by atoms with van der Waals surface area (Å²) in [5, 5.41) is 6.99. The zero-order chi connectivity index (χ0) is 23.8. The molecule has 1 atom stereocenters. The van der Waals surface area contributed by atoms with E-state index in [2.05, 4.69) is 15.4 Å². The van der Waals surface area contributed by atoms with Crippen LogP contribution in [0, 0.1) is 5.82 Å². The number of carbonyl (C=O) groups is 2. The Morgan fingerprint density at radius 2 is 2.15 bits per heavy atom. The largest absolute Gasteiger partial charge is 0.376 e. The van der Waals surface area contributed by atoms with Crippen molar-refractivity contribution in [3.05, 3.63) is 57.5 Å². The van der Waals surface area contributed by atoms with Crippen LogP contribution >= 0.6 is 0 Å². The first-order valence-corrected chi connectivity index (χ1v) is 11.4. The van der Waals surface area contributed by atoms with E-state index in [1.54, 1.807) is 11.0 Å². The number of nitrogens with zero attached hydrogens (tertiary/aromatic N) is 5. The molecule has 0 radical (unpaired) electrons. The Bertz CT molecular complexity index is 1310. The highest BCUT2D eigenvalue weighted by atomic mass is 19.1. The number of nitrogens with one attached hydrogen (secondary N) is 1. The fourth-order valence-corrected chi connectivity index (χ4v) is 4.52. The minimum atomic E-state index is -0.517. The lowest BCUT2D eigenvalue weighted by molar-refractivity contribution is -0.116. The maximum Gasteiger partial charge on any atom is 0.280 e. The maximum absolute atomic E-state index is 13.4. The average molecular weight is 468 g/mol. The van der Waals surface area contributed by atoms with Crippen LogP contribution in [-0.4, -0.2) is 55.1 Å². The number of amides is 2. The van der Waals surface area contributed by atoms with E-state index in [9.17, 15) is 18.8 Å². The number of rotatable bonds is 6. The lowest BCUT2D eigenvalue weighted by Gasteiger charge is -2.27. The number of ether oxygens (including phenoxy) is 1. The second-order valence-corrected chi connectivity index (χ2v) is 8.56. The second kappa shape index (κ2) is 8.98. The summed E-state index contributed by atoms with van der Waals surface area (Å²) in [5.74, 6) is -1.11. The molecular formula is C23H25FN6O4. The SMILES string of the molecule is CCc1cc2n(CC(=O)Nc3ccc(F)cn3)c3c(c(=O)n2n1)CN(CC1CCCCO1)C3=O. The molecule has 0 bridgehead atoms. The average Bonchev–Trinajstić information content (AvgIpc) is 3.41. The van der Waals surface area contributed by atoms with Crippen LogP contribution in [0.1, 0.15) is 47.9 Å². The molecule has 5 heterocycles. The monoisotopic (exact) mass is 468 g/mol. The molecule has 5 rings (SSSR count). The highest BCUT2D eigenvalue weighted by molar-refractivity contribution is 5.98. The van der Waals surface area contributed by atoms with Crippen molar-refractivity contribution in [3.8, 4) is 0 Å². The molecule has 1 saturated heterocycles. The number of hydrogen-bond acceptors (Lipinski definition) is 6. The van der Waals surface area contributed by atoms with E-state index in [-0.39, 0.29) is 42.2 Å². The number of halogens is 1. The summed E-state index contributed by atoms with van der Waals surface area (Å²) < 4.78 is 21.7. The molecule has 2 aliphatic heterocycles. The molecule has 178 valence electrons. The maximum atomic E-state index is 13.4. The van der Waals surface area contributed by atoms with Gasteiger partial charge in [0.2, 0.25) is 5.91 Å². The number of hydrogen-bond donors (Lipinski definition) is 1. The molecule has 0 aliphatic carbocycles. The third-order valence-corrected chi connectivity index (χ3v) is 6.22. The Hall–Kier alpha value is -3.60. The topological polar surface area (TPSA) is 111 Å². The van der Waals surface area contributed by atoms with Crippen molar-refractivity contribution >= 4 is 23.3 Å². The Labute approximate surface area is 194 Å². The van der Waals surface area contributed by atoms with Gasteiger partial charge in [0.1, 0.15) is 29.5 Å². The molecule has 11 heteroatoms. The van der Waals surface area contributed by atoms with Gasteiger partial charge in [0.25, 0.3) is 11.5 Å². The van der Waals surface area contributed by atoms with Crippen molar-refractivity contribution in [1.29, 1.82) is 0 Å². The molecule has 34 heavy (non-hydrogen) atoms. The van der Waals surface area contributed by atoms with Crippen molar-refractivity contribution in [2.24, 2.45) is 0 Å². The van der Waals surface area contributed by atoms with Crippen molar-refractivity contribution in [3.63, 3.8) is 0 Å². The van der Waals surface area contributed by atoms with Gasteiger partial charge in [-0.1, -0.05) is 6.92 Å². The molecule has 3 aromatic rings. The Morgan fingerprint density at radius 3 is 2.85 bits per heavy atom. The van der Waals surface area contributed by atoms with Gasteiger partial charge in [0, 0.05) is 19.2 Å². The Morgan fingerprint density at radius 1 is 1.29 bits per heavy atom. The molecule has 3 aromatic heterocycles. The normalized spacial score (nSPS) is 17.9. The summed E-state index contributed by atoms with van der Waals surface area (Å²) in [6.45, 7) is 2.87. The van der Waals surface area contributed by atoms with E-state index in [1.165, 1.54) is 21.2 Å². The standard InChI is InChI=1S/C23H25FN6O4/c1-2-15-9-20-29(13-19(31)26-18-7-6-14(24)10-25-18)21-17(22(32)30(20)27-15)12-28(23(21)33)11-16-5-3-4-8-34-16/h6-7,9-10,16H,2-5,8,11-13H2,1H3,(H,25,26,31). The minimum Gasteiger partial charge on any atom is -0.376 e. The lowest BCUT2D eigenvalue weighted by Crippen LogP contribution is -2.36. The molecule has 1 fully saturated rings. The van der Waals surface area contributed by atoms with E-state index in [4.69, 9.17) is 4.74 Å². The molecule has 1 N–H and O–H groups in total. The first-order chi connectivity index (χ1) is 16.4. The third-order valence-electron chi connectivity index (χ3n) is 6.22. The summed E-state index contributed by atoms with van der Waals surface area (Å²) in [4.78, 5) is 45.0. The van der Waals surface area contributed by atoms with E-state index < -0.39 is 11.7 Å². The number of aryl methyl sites for hydroxylation is 1. The summed E-state index contributed by atoms with van der Waals surface area (Å²) in [6.07, 6.45) is 4.43. The smallest absolute Gasteiger partial charge is 0.280 e. The van der Waals surface area contributed by atoms with Gasteiger partial charge in [-0.3, -0.25) is 14.4 Å². The molecule has 1 unspecified atom stereocenters. The fraction of sp³-hybridized carbons (Fsp3) is 0.435. The van der Waals surface area contributed by atoms with Gasteiger partial charge in [-0.2, -0.15) is 9.61 Å². The second-order valence-electron chi connectivity index (χ2n) is 8.56. The molecular weight excluding hydrogens is 443 g/mol. The first kappa shape index (κ1) is 22.2. The predicted molar refractivity (Wildman–Crippen MR) is 120 cm³/mol. The highest BCUT2D eigenvalue weighted by Gasteiger charge is 2.36. The van der Waals surface area contributed by atoms with Crippen LogP contribution in [0.3, 0.4) is 0 Å². The molecule has 2 amide bonds. The highest BCUT2D eigenvalue weighted by Crippen LogP contribution is 2.25. The van der Waals surface area contributed by atoms with Gasteiger partial charge >= 0.3 is 0 Å². The van der Waals surface area contributed by atoms with Crippen LogP contribution in [-0.2, 0) is 29.0 Å². The third kappa shape index (κ3) is 4.07. The van der Waals surface area contributed by atoms with Crippen LogP contribution in [0.15, 0.2) is 29.2 Å². The summed E-state index contributed by atoms with van der Waals surface area (Å²) in [6, 6.07) is 4.26. The van der Waals surface area contributed by atoms with Gasteiger partial charge in [-0.05, 0) is 37.8 Å². The van der Waals surface area contributed by atoms with Crippen LogP contribution in [0.4, 0.5) is 10.2 Å². The Balaban J connectivity index is 1.50. The lowest BCUT2D eigenvalue weighted by atomic mass is 10.1. The quantitative estimate of drug-likeness (QED) is 0.590. The van der Waals surface area contributed by atoms with Crippen molar-refractivity contribution < 1.29 is 18.7 Å². The molecule has 10 nitrogen and oxygen atoms in total. The van der Waals surface area contributed by atoms with Gasteiger partial charge in [-0.15, -0.1) is 0 Å². The summed E-state index contributed by atoms with van der Waals surface area (Å²) >= 11 is 0. The fourth-order valence-electron chi connectivity index (χ4n) is 4.52. The zero-order valence-corrected chi connectivity index (χ0v) is 18.8. The number of aromatic nitrogens is 4. The summed E-state index contributed by atoms with van der Waals surface area (Å²) in [5.41, 5.74) is 1.19. The number of anilines is 1. The van der Waals surface area contributed by atoms with Gasteiger partial charge in [0.15, 0.2) is 0 Å². The van der Waals surface area contributed by atoms with Crippen molar-refractivity contribution in [1.82, 2.24) is 24.1 Å². The van der Waals surface area contributed by atoms with Crippen LogP contribution in [0.5, 0.6) is 0 Å². The molecule has 2 aliphatic rings. The van der Waals surface area contributed by atoms with Gasteiger partial charge in [-0.25, -0.2) is 9.37 Å². The van der Waals surface area contributed by atoms with Gasteiger partial charge < -0.3 is 19.5 Å². The van der Waals surface area contributed by atoms with Crippen LogP contribution in [0.25, 0.3) is 5.65 Å². The van der Waals surface area contributed by atoms with Crippen molar-refractivity contribution in [2.45, 2.75) is 51.8 Å². The van der Waals surface area contributed by atoms with Crippen LogP contribution < -0.4 is 10.9 Å². The van der Waals surface area contributed by atoms with Crippen LogP contribution in [0.2, 0.25) is 0 Å².